The van der Waals surface area contributed by atoms with Crippen LogP contribution in [0.3, 0.4) is 0 Å². The van der Waals surface area contributed by atoms with E-state index < -0.39 is 11.8 Å². The summed E-state index contributed by atoms with van der Waals surface area (Å²) in [6, 6.07) is 7.08. The zero-order valence-corrected chi connectivity index (χ0v) is 11.4. The number of methoxy groups -OCH3 is 1. The number of benzene rings is 1. The van der Waals surface area contributed by atoms with Crippen LogP contribution in [-0.4, -0.2) is 32.0 Å². The molecule has 19 heavy (non-hydrogen) atoms. The molecule has 0 radical (unpaired) electrons. The fraction of sp³-hybridized carbons (Fsp3) is 0.538. The van der Waals surface area contributed by atoms with Gasteiger partial charge in [-0.1, -0.05) is 6.07 Å². The van der Waals surface area contributed by atoms with E-state index in [1.54, 1.807) is 31.4 Å². The third kappa shape index (κ3) is 5.24. The molecular formula is C13H16F2O3S. The lowest BCUT2D eigenvalue weighted by atomic mass is 10.3. The van der Waals surface area contributed by atoms with Crippen molar-refractivity contribution in [2.45, 2.75) is 12.3 Å². The first kappa shape index (κ1) is 14.4. The van der Waals surface area contributed by atoms with Gasteiger partial charge in [0.15, 0.2) is 0 Å². The van der Waals surface area contributed by atoms with Gasteiger partial charge in [0.05, 0.1) is 32.4 Å². The topological polar surface area (TPSA) is 31.0 Å². The second-order valence-electron chi connectivity index (χ2n) is 4.32. The van der Waals surface area contributed by atoms with Crippen LogP contribution in [0.5, 0.6) is 11.5 Å². The summed E-state index contributed by atoms with van der Waals surface area (Å²) in [5.41, 5.74) is 0. The van der Waals surface area contributed by atoms with Crippen LogP contribution < -0.4 is 8.92 Å². The van der Waals surface area contributed by atoms with Crippen molar-refractivity contribution in [1.29, 1.82) is 0 Å². The summed E-state index contributed by atoms with van der Waals surface area (Å²) in [7, 11) is 1.57. The van der Waals surface area contributed by atoms with Crippen LogP contribution in [0, 0.1) is 5.92 Å². The summed E-state index contributed by atoms with van der Waals surface area (Å²) in [6.07, 6.45) is -0.0124. The van der Waals surface area contributed by atoms with Crippen molar-refractivity contribution in [3.8, 4) is 11.5 Å². The molecule has 2 aliphatic rings. The van der Waals surface area contributed by atoms with Crippen LogP contribution in [0.15, 0.2) is 24.3 Å². The second kappa shape index (κ2) is 6.43. The normalized spacial score (nSPS) is 21.9. The van der Waals surface area contributed by atoms with Gasteiger partial charge in [0.1, 0.15) is 11.5 Å². The second-order valence-corrected chi connectivity index (χ2v) is 5.06. The molecule has 3 nitrogen and oxygen atoms in total. The van der Waals surface area contributed by atoms with Gasteiger partial charge in [0.2, 0.25) is 0 Å². The molecule has 1 saturated heterocycles. The molecule has 1 aromatic carbocycles. The molecule has 2 fully saturated rings. The highest BCUT2D eigenvalue weighted by molar-refractivity contribution is 7.95. The van der Waals surface area contributed by atoms with Crippen molar-refractivity contribution >= 4 is 12.0 Å². The monoisotopic (exact) mass is 290 g/mol. The van der Waals surface area contributed by atoms with Crippen LogP contribution in [0.4, 0.5) is 8.78 Å². The smallest absolute Gasteiger partial charge is 0.252 e. The number of alkyl halides is 2. The number of epoxide rings is 1. The molecule has 3 rings (SSSR count). The Morgan fingerprint density at radius 2 is 2.00 bits per heavy atom. The number of rotatable bonds is 5. The van der Waals surface area contributed by atoms with Gasteiger partial charge >= 0.3 is 0 Å². The SMILES string of the molecule is C1CO1.COc1cccc(OSCC2CC2(F)F)c1. The molecule has 1 aliphatic heterocycles. The molecular weight excluding hydrogens is 274 g/mol. The molecule has 1 aromatic rings. The summed E-state index contributed by atoms with van der Waals surface area (Å²) >= 11 is 1.06. The molecule has 1 atom stereocenters. The first-order chi connectivity index (χ1) is 9.12. The third-order valence-corrected chi connectivity index (χ3v) is 3.47. The van der Waals surface area contributed by atoms with Gasteiger partial charge in [-0.25, -0.2) is 8.78 Å². The highest BCUT2D eigenvalue weighted by Crippen LogP contribution is 2.50. The molecule has 1 heterocycles. The highest BCUT2D eigenvalue weighted by atomic mass is 32.2. The van der Waals surface area contributed by atoms with Crippen molar-refractivity contribution in [1.82, 2.24) is 0 Å². The van der Waals surface area contributed by atoms with E-state index in [4.69, 9.17) is 8.92 Å². The Morgan fingerprint density at radius 3 is 2.53 bits per heavy atom. The molecule has 0 bridgehead atoms. The van der Waals surface area contributed by atoms with Crippen LogP contribution in [-0.2, 0) is 4.74 Å². The predicted octanol–water partition coefficient (Wildman–Crippen LogP) is 3.39. The Labute approximate surface area is 115 Å². The average Bonchev–Trinajstić information content (AvgIpc) is 3.29. The maximum Gasteiger partial charge on any atom is 0.252 e. The lowest BCUT2D eigenvalue weighted by molar-refractivity contribution is 0.103. The van der Waals surface area contributed by atoms with Crippen molar-refractivity contribution < 1.29 is 22.4 Å². The van der Waals surface area contributed by atoms with Gasteiger partial charge in [0.25, 0.3) is 5.92 Å². The Hall–Kier alpha value is -1.01. The summed E-state index contributed by atoms with van der Waals surface area (Å²) in [6.45, 7) is 2.00. The van der Waals surface area contributed by atoms with E-state index in [0.29, 0.717) is 17.3 Å². The molecule has 0 N–H and O–H groups in total. The van der Waals surface area contributed by atoms with Crippen molar-refractivity contribution in [3.63, 3.8) is 0 Å². The van der Waals surface area contributed by atoms with Crippen molar-refractivity contribution in [2.24, 2.45) is 5.92 Å². The summed E-state index contributed by atoms with van der Waals surface area (Å²) in [4.78, 5) is 0. The molecule has 0 aromatic heterocycles. The largest absolute Gasteiger partial charge is 0.497 e. The van der Waals surface area contributed by atoms with E-state index in [9.17, 15) is 8.78 Å². The van der Waals surface area contributed by atoms with E-state index in [2.05, 4.69) is 4.74 Å². The van der Waals surface area contributed by atoms with E-state index >= 15 is 0 Å². The highest BCUT2D eigenvalue weighted by Gasteiger charge is 2.56. The Morgan fingerprint density at radius 1 is 1.37 bits per heavy atom. The number of halogens is 2. The van der Waals surface area contributed by atoms with Crippen molar-refractivity contribution in [3.05, 3.63) is 24.3 Å². The standard InChI is InChI=1S/C11H12F2O2S.C2H4O/c1-14-9-3-2-4-10(5-9)15-16-7-8-6-11(8,12)13;1-2-3-1/h2-5,8H,6-7H2,1H3;1-2H2. The minimum absolute atomic E-state index is 0.0124. The molecule has 1 saturated carbocycles. The minimum Gasteiger partial charge on any atom is -0.497 e. The maximum absolute atomic E-state index is 12.6. The quantitative estimate of drug-likeness (QED) is 0.614. The summed E-state index contributed by atoms with van der Waals surface area (Å²) in [5, 5.41) is 0. The van der Waals surface area contributed by atoms with Gasteiger partial charge in [-0.3, -0.25) is 0 Å². The fourth-order valence-corrected chi connectivity index (χ4v) is 2.12. The summed E-state index contributed by atoms with van der Waals surface area (Å²) < 4.78 is 39.9. The van der Waals surface area contributed by atoms with Crippen LogP contribution >= 0.6 is 12.0 Å². The Kier molecular flexibility index (Phi) is 4.87. The number of hydrogen-bond donors (Lipinski definition) is 0. The summed E-state index contributed by atoms with van der Waals surface area (Å²) in [5.74, 6) is -1.36. The van der Waals surface area contributed by atoms with E-state index in [1.807, 2.05) is 0 Å². The molecule has 6 heteroatoms. The fourth-order valence-electron chi connectivity index (χ4n) is 1.29. The van der Waals surface area contributed by atoms with Gasteiger partial charge in [0, 0.05) is 24.2 Å². The zero-order valence-electron chi connectivity index (χ0n) is 10.6. The Balaban J connectivity index is 0.000000390. The Bertz CT molecular complexity index is 410. The molecule has 0 amide bonds. The van der Waals surface area contributed by atoms with E-state index in [-0.39, 0.29) is 6.42 Å². The van der Waals surface area contributed by atoms with Crippen LogP contribution in [0.25, 0.3) is 0 Å². The lowest BCUT2D eigenvalue weighted by Crippen LogP contribution is -1.97. The number of ether oxygens (including phenoxy) is 2. The van der Waals surface area contributed by atoms with E-state index in [1.165, 1.54) is 0 Å². The van der Waals surface area contributed by atoms with Gasteiger partial charge in [-0.2, -0.15) is 0 Å². The first-order valence-corrected chi connectivity index (χ1v) is 6.92. The predicted molar refractivity (Wildman–Crippen MR) is 70.0 cm³/mol. The van der Waals surface area contributed by atoms with Crippen LogP contribution in [0.2, 0.25) is 0 Å². The molecule has 106 valence electrons. The zero-order chi connectivity index (χ0) is 13.7. The molecule has 1 unspecified atom stereocenters. The van der Waals surface area contributed by atoms with Crippen LogP contribution in [0.1, 0.15) is 6.42 Å². The maximum atomic E-state index is 12.6. The van der Waals surface area contributed by atoms with Crippen molar-refractivity contribution in [2.75, 3.05) is 26.1 Å². The minimum atomic E-state index is -2.47. The molecule has 1 aliphatic carbocycles. The lowest BCUT2D eigenvalue weighted by Gasteiger charge is -2.05. The van der Waals surface area contributed by atoms with Gasteiger partial charge in [-0.15, -0.1) is 0 Å². The third-order valence-electron chi connectivity index (χ3n) is 2.63. The van der Waals surface area contributed by atoms with Gasteiger partial charge < -0.3 is 13.7 Å². The average molecular weight is 290 g/mol. The molecule has 0 spiro atoms. The van der Waals surface area contributed by atoms with Gasteiger partial charge in [-0.05, 0) is 12.1 Å². The van der Waals surface area contributed by atoms with E-state index in [0.717, 1.165) is 25.3 Å². The first-order valence-electron chi connectivity index (χ1n) is 6.01. The number of hydrogen-bond acceptors (Lipinski definition) is 4.